The first-order valence-electron chi connectivity index (χ1n) is 2.42. The second-order valence-electron chi connectivity index (χ2n) is 1.60. The second kappa shape index (κ2) is 4.66. The minimum absolute atomic E-state index is 0. The van der Waals surface area contributed by atoms with Crippen LogP contribution in [0, 0.1) is 0 Å². The van der Waals surface area contributed by atoms with Crippen LogP contribution >= 0.6 is 0 Å². The van der Waals surface area contributed by atoms with Gasteiger partial charge in [-0.3, -0.25) is 0 Å². The van der Waals surface area contributed by atoms with E-state index < -0.39 is 0 Å². The van der Waals surface area contributed by atoms with Gasteiger partial charge >= 0.3 is 0 Å². The van der Waals surface area contributed by atoms with Gasteiger partial charge in [0.15, 0.2) is 0 Å². The molecule has 0 unspecified atom stereocenters. The van der Waals surface area contributed by atoms with Crippen LogP contribution in [0.2, 0.25) is 0 Å². The minimum Gasteiger partial charge on any atom is -0.784 e. The first-order chi connectivity index (χ1) is 3.39. The molecule has 2 heteroatoms. The molecule has 1 rings (SSSR count). The van der Waals surface area contributed by atoms with Gasteiger partial charge in [-0.05, 0) is 12.8 Å². The summed E-state index contributed by atoms with van der Waals surface area (Å²) in [5, 5.41) is 0. The number of hydrogen-bond acceptors (Lipinski definition) is 1. The van der Waals surface area contributed by atoms with Crippen molar-refractivity contribution < 1.29 is 32.7 Å². The van der Waals surface area contributed by atoms with Crippen LogP contribution in [0.1, 0.15) is 12.8 Å². The van der Waals surface area contributed by atoms with Gasteiger partial charge in [-0.2, -0.15) is 4.91 Å². The van der Waals surface area contributed by atoms with Gasteiger partial charge in [-0.15, -0.1) is 0 Å². The van der Waals surface area contributed by atoms with Crippen molar-refractivity contribution in [1.82, 2.24) is 0 Å². The summed E-state index contributed by atoms with van der Waals surface area (Å²) in [5.74, 6) is 0. The third kappa shape index (κ3) is 2.96. The van der Waals surface area contributed by atoms with Crippen molar-refractivity contribution in [2.24, 2.45) is 0 Å². The van der Waals surface area contributed by atoms with Gasteiger partial charge in [-0.25, -0.2) is 0 Å². The molecule has 0 N–H and O–H groups in total. The Hall–Kier alpha value is 0.804. The van der Waals surface area contributed by atoms with Crippen LogP contribution in [0.25, 0.3) is 0 Å². The Balaban J connectivity index is 0.000000490. The summed E-state index contributed by atoms with van der Waals surface area (Å²) in [7, 11) is 0. The van der Waals surface area contributed by atoms with E-state index in [9.17, 15) is 0 Å². The van der Waals surface area contributed by atoms with Crippen LogP contribution in [0.3, 0.4) is 0 Å². The molecule has 0 amide bonds. The molecule has 1 radical (unpaired) electrons. The summed E-state index contributed by atoms with van der Waals surface area (Å²) in [4.78, 5) is 1.09. The normalized spacial score (nSPS) is 16.8. The average molecular weight is 200 g/mol. The van der Waals surface area contributed by atoms with Gasteiger partial charge in [0.1, 0.15) is 0 Å². The van der Waals surface area contributed by atoms with Crippen LogP contribution in [0.5, 0.6) is 0 Å². The fourth-order valence-corrected chi connectivity index (χ4v) is 0.777. The van der Waals surface area contributed by atoms with Gasteiger partial charge < -0.3 is 12.6 Å². The summed E-state index contributed by atoms with van der Waals surface area (Å²) in [6, 6.07) is 0. The molecule has 0 aromatic rings. The molecule has 0 atom stereocenters. The monoisotopic (exact) mass is 200 g/mol. The molecule has 1 aliphatic rings. The van der Waals surface area contributed by atoms with E-state index in [1.807, 2.05) is 12.2 Å². The molecule has 0 aromatic heterocycles. The Morgan fingerprint density at radius 1 is 1.50 bits per heavy atom. The molecular formula is C6H7SY-. The van der Waals surface area contributed by atoms with E-state index in [4.69, 9.17) is 12.6 Å². The molecule has 0 saturated carbocycles. The second-order valence-corrected chi connectivity index (χ2v) is 2.12. The standard InChI is InChI=1S/C6H8S.Y/c7-6-4-2-1-3-5-6;/h1-2,4,7H,3,5H2;/p-1. The van der Waals surface area contributed by atoms with E-state index in [1.165, 1.54) is 0 Å². The fourth-order valence-electron chi connectivity index (χ4n) is 0.581. The van der Waals surface area contributed by atoms with Crippen molar-refractivity contribution in [2.45, 2.75) is 12.8 Å². The predicted molar refractivity (Wildman–Crippen MR) is 33.8 cm³/mol. The molecule has 8 heavy (non-hydrogen) atoms. The zero-order valence-corrected chi connectivity index (χ0v) is 8.29. The minimum atomic E-state index is 0. The van der Waals surface area contributed by atoms with Gasteiger partial charge in [0.2, 0.25) is 0 Å². The molecule has 41 valence electrons. The van der Waals surface area contributed by atoms with Crippen molar-refractivity contribution in [2.75, 3.05) is 0 Å². The Morgan fingerprint density at radius 2 is 2.25 bits per heavy atom. The van der Waals surface area contributed by atoms with E-state index in [0.717, 1.165) is 17.7 Å². The summed E-state index contributed by atoms with van der Waals surface area (Å²) in [5.41, 5.74) is 0. The summed E-state index contributed by atoms with van der Waals surface area (Å²) >= 11 is 4.90. The molecular weight excluding hydrogens is 193 g/mol. The molecule has 0 bridgehead atoms. The van der Waals surface area contributed by atoms with Gasteiger partial charge in [0, 0.05) is 32.7 Å². The van der Waals surface area contributed by atoms with E-state index in [1.54, 1.807) is 0 Å². The first kappa shape index (κ1) is 8.80. The third-order valence-electron chi connectivity index (χ3n) is 0.976. The van der Waals surface area contributed by atoms with Crippen molar-refractivity contribution in [3.05, 3.63) is 23.1 Å². The average Bonchev–Trinajstić information content (AvgIpc) is 1.69. The molecule has 0 spiro atoms. The zero-order chi connectivity index (χ0) is 5.11. The maximum atomic E-state index is 4.90. The van der Waals surface area contributed by atoms with Crippen LogP contribution in [-0.4, -0.2) is 0 Å². The van der Waals surface area contributed by atoms with Crippen LogP contribution in [-0.2, 0) is 45.3 Å². The fraction of sp³-hybridized carbons (Fsp3) is 0.333. The van der Waals surface area contributed by atoms with Crippen molar-refractivity contribution in [1.29, 1.82) is 0 Å². The quantitative estimate of drug-likeness (QED) is 0.537. The predicted octanol–water partition coefficient (Wildman–Crippen LogP) is 1.76. The molecule has 0 nitrogen and oxygen atoms in total. The van der Waals surface area contributed by atoms with Crippen molar-refractivity contribution in [3.8, 4) is 0 Å². The molecule has 0 aromatic carbocycles. The number of hydrogen-bond donors (Lipinski definition) is 0. The van der Waals surface area contributed by atoms with E-state index in [0.29, 0.717) is 0 Å². The maximum absolute atomic E-state index is 4.90. The zero-order valence-electron chi connectivity index (χ0n) is 4.63. The van der Waals surface area contributed by atoms with Crippen LogP contribution < -0.4 is 0 Å². The van der Waals surface area contributed by atoms with Crippen LogP contribution in [0.15, 0.2) is 23.1 Å². The topological polar surface area (TPSA) is 0 Å². The Labute approximate surface area is 80.7 Å². The van der Waals surface area contributed by atoms with E-state index in [-0.39, 0.29) is 32.7 Å². The smallest absolute Gasteiger partial charge is 0 e. The Morgan fingerprint density at radius 3 is 2.50 bits per heavy atom. The van der Waals surface area contributed by atoms with Gasteiger partial charge in [0.05, 0.1) is 0 Å². The van der Waals surface area contributed by atoms with E-state index >= 15 is 0 Å². The third-order valence-corrected chi connectivity index (χ3v) is 1.32. The number of rotatable bonds is 0. The number of allylic oxidation sites excluding steroid dienone is 4. The summed E-state index contributed by atoms with van der Waals surface area (Å²) < 4.78 is 0. The molecule has 1 aliphatic carbocycles. The molecule has 0 aliphatic heterocycles. The molecule has 0 fully saturated rings. The summed E-state index contributed by atoms with van der Waals surface area (Å²) in [6.45, 7) is 0. The first-order valence-corrected chi connectivity index (χ1v) is 2.83. The maximum Gasteiger partial charge on any atom is 0 e. The van der Waals surface area contributed by atoms with Gasteiger partial charge in [-0.1, -0.05) is 18.2 Å². The molecule has 0 heterocycles. The largest absolute Gasteiger partial charge is 0.784 e. The van der Waals surface area contributed by atoms with Crippen molar-refractivity contribution >= 4 is 12.6 Å². The SMILES string of the molecule is [S-]C1=CC=CCC1.[Y]. The van der Waals surface area contributed by atoms with Crippen molar-refractivity contribution in [3.63, 3.8) is 0 Å². The Bertz CT molecular complexity index is 116. The van der Waals surface area contributed by atoms with Crippen LogP contribution in [0.4, 0.5) is 0 Å². The summed E-state index contributed by atoms with van der Waals surface area (Å²) in [6.07, 6.45) is 8.35. The van der Waals surface area contributed by atoms with Gasteiger partial charge in [0.25, 0.3) is 0 Å². The molecule has 0 saturated heterocycles. The Kier molecular flexibility index (Phi) is 5.13. The van der Waals surface area contributed by atoms with E-state index in [2.05, 4.69) is 6.08 Å².